The summed E-state index contributed by atoms with van der Waals surface area (Å²) < 4.78 is 34.7. The van der Waals surface area contributed by atoms with Crippen molar-refractivity contribution in [2.24, 2.45) is 0 Å². The van der Waals surface area contributed by atoms with E-state index in [-0.39, 0.29) is 38.5 Å². The topological polar surface area (TPSA) is 55.3 Å². The first-order valence-electron chi connectivity index (χ1n) is 11.8. The van der Waals surface area contributed by atoms with Crippen LogP contribution in [-0.4, -0.2) is 33.9 Å². The highest BCUT2D eigenvalue weighted by atomic mass is 35.5. The van der Waals surface area contributed by atoms with Crippen molar-refractivity contribution >= 4 is 38.9 Å². The molecule has 5 nitrogen and oxygen atoms in total. The van der Waals surface area contributed by atoms with Gasteiger partial charge in [-0.05, 0) is 42.7 Å². The molecule has 1 aliphatic carbocycles. The average Bonchev–Trinajstić information content (AvgIpc) is 3.28. The summed E-state index contributed by atoms with van der Waals surface area (Å²) in [5.41, 5.74) is 2.55. The molecule has 1 amide bonds. The Morgan fingerprint density at radius 2 is 1.81 bits per heavy atom. The predicted molar refractivity (Wildman–Crippen MR) is 138 cm³/mol. The lowest BCUT2D eigenvalue weighted by Gasteiger charge is -2.34. The van der Waals surface area contributed by atoms with E-state index in [1.54, 1.807) is 24.4 Å². The number of ether oxygens (including phenoxy) is 1. The van der Waals surface area contributed by atoms with Crippen LogP contribution in [0.3, 0.4) is 0 Å². The molecule has 186 valence electrons. The monoisotopic (exact) mass is 527 g/mol. The molecule has 0 N–H and O–H groups in total. The molecule has 2 aromatic heterocycles. The first kappa shape index (κ1) is 24.6. The maximum atomic E-state index is 14.5. The van der Waals surface area contributed by atoms with E-state index in [0.717, 1.165) is 72.3 Å². The summed E-state index contributed by atoms with van der Waals surface area (Å²) in [6.45, 7) is 0.268. The van der Waals surface area contributed by atoms with Crippen LogP contribution in [0, 0.1) is 11.6 Å². The van der Waals surface area contributed by atoms with Crippen LogP contribution >= 0.6 is 22.9 Å². The number of rotatable bonds is 6. The molecule has 2 aromatic carbocycles. The van der Waals surface area contributed by atoms with E-state index < -0.39 is 11.6 Å². The summed E-state index contributed by atoms with van der Waals surface area (Å²) in [7, 11) is 1.59. The minimum absolute atomic E-state index is 0.0179. The van der Waals surface area contributed by atoms with E-state index >= 15 is 0 Å². The lowest BCUT2D eigenvalue weighted by atomic mass is 9.93. The van der Waals surface area contributed by atoms with Crippen molar-refractivity contribution in [1.29, 1.82) is 0 Å². The minimum atomic E-state index is -0.643. The molecule has 5 rings (SSSR count). The van der Waals surface area contributed by atoms with Crippen LogP contribution in [-0.2, 0) is 6.54 Å². The number of fused-ring (bicyclic) bond motifs is 1. The molecule has 0 saturated heterocycles. The fourth-order valence-corrected chi connectivity index (χ4v) is 6.34. The van der Waals surface area contributed by atoms with Gasteiger partial charge in [-0.15, -0.1) is 11.3 Å². The molecule has 0 bridgehead atoms. The Labute approximate surface area is 216 Å². The van der Waals surface area contributed by atoms with E-state index in [2.05, 4.69) is 9.97 Å². The number of nitrogens with zero attached hydrogens (tertiary/aromatic N) is 3. The Morgan fingerprint density at radius 3 is 2.50 bits per heavy atom. The van der Waals surface area contributed by atoms with Crippen molar-refractivity contribution in [3.05, 3.63) is 76.2 Å². The van der Waals surface area contributed by atoms with Gasteiger partial charge in [-0.1, -0.05) is 36.9 Å². The molecule has 1 fully saturated rings. The molecule has 0 aliphatic heterocycles. The van der Waals surface area contributed by atoms with Gasteiger partial charge < -0.3 is 9.64 Å². The normalized spacial score (nSPS) is 14.2. The van der Waals surface area contributed by atoms with E-state index in [1.165, 1.54) is 6.33 Å². The highest BCUT2D eigenvalue weighted by Crippen LogP contribution is 2.40. The number of hydrogen-bond acceptors (Lipinski definition) is 5. The molecule has 36 heavy (non-hydrogen) atoms. The second kappa shape index (κ2) is 10.5. The number of benzene rings is 2. The maximum absolute atomic E-state index is 14.5. The summed E-state index contributed by atoms with van der Waals surface area (Å²) in [4.78, 5) is 24.1. The zero-order valence-electron chi connectivity index (χ0n) is 19.6. The average molecular weight is 528 g/mol. The predicted octanol–water partition coefficient (Wildman–Crippen LogP) is 7.27. The number of aromatic nitrogens is 2. The summed E-state index contributed by atoms with van der Waals surface area (Å²) in [6.07, 6.45) is 9.76. The van der Waals surface area contributed by atoms with E-state index in [4.69, 9.17) is 16.3 Å². The van der Waals surface area contributed by atoms with Gasteiger partial charge in [0.15, 0.2) is 0 Å². The molecule has 0 spiro atoms. The van der Waals surface area contributed by atoms with Gasteiger partial charge in [-0.2, -0.15) is 0 Å². The Balaban J connectivity index is 1.57. The van der Waals surface area contributed by atoms with E-state index in [1.807, 2.05) is 18.2 Å². The molecule has 0 radical (unpaired) electrons. The Morgan fingerprint density at radius 1 is 1.08 bits per heavy atom. The summed E-state index contributed by atoms with van der Waals surface area (Å²) in [5.74, 6) is -0.928. The van der Waals surface area contributed by atoms with Crippen LogP contribution in [0.4, 0.5) is 8.78 Å². The maximum Gasteiger partial charge on any atom is 0.266 e. The highest BCUT2D eigenvalue weighted by Gasteiger charge is 2.31. The largest absolute Gasteiger partial charge is 0.496 e. The molecular formula is C27H24ClF2N3O2S. The van der Waals surface area contributed by atoms with Gasteiger partial charge in [-0.25, -0.2) is 18.7 Å². The molecule has 1 saturated carbocycles. The van der Waals surface area contributed by atoms with Crippen LogP contribution < -0.4 is 4.74 Å². The Bertz CT molecular complexity index is 1410. The summed E-state index contributed by atoms with van der Waals surface area (Å²) >= 11 is 7.40. The first-order chi connectivity index (χ1) is 17.5. The van der Waals surface area contributed by atoms with Crippen molar-refractivity contribution < 1.29 is 18.3 Å². The zero-order valence-corrected chi connectivity index (χ0v) is 21.2. The third-order valence-electron chi connectivity index (χ3n) is 6.67. The molecule has 0 unspecified atom stereocenters. The van der Waals surface area contributed by atoms with Crippen LogP contribution in [0.15, 0.2) is 49.1 Å². The van der Waals surface area contributed by atoms with Crippen LogP contribution in [0.2, 0.25) is 5.02 Å². The number of amides is 1. The van der Waals surface area contributed by atoms with Crippen molar-refractivity contribution in [2.75, 3.05) is 7.11 Å². The van der Waals surface area contributed by atoms with Gasteiger partial charge in [0.05, 0.1) is 22.2 Å². The van der Waals surface area contributed by atoms with Crippen LogP contribution in [0.1, 0.15) is 47.3 Å². The third-order valence-corrected chi connectivity index (χ3v) is 8.34. The molecule has 2 heterocycles. The minimum Gasteiger partial charge on any atom is -0.496 e. The molecule has 0 atom stereocenters. The SMILES string of the molecule is COc1ccc(-c2cncnc2)cc1CN(C(=O)c1sc2c(F)ccc(F)c2c1Cl)C1CCCCC1. The van der Waals surface area contributed by atoms with Crippen LogP contribution in [0.5, 0.6) is 5.75 Å². The van der Waals surface area contributed by atoms with E-state index in [9.17, 15) is 13.6 Å². The molecule has 4 aromatic rings. The number of thiophene rings is 1. The highest BCUT2D eigenvalue weighted by molar-refractivity contribution is 7.21. The lowest BCUT2D eigenvalue weighted by Crippen LogP contribution is -2.40. The number of halogens is 3. The number of carbonyl (C=O) groups is 1. The van der Waals surface area contributed by atoms with Gasteiger partial charge in [0, 0.05) is 36.1 Å². The fraction of sp³-hybridized carbons (Fsp3) is 0.296. The Hall–Kier alpha value is -3.10. The van der Waals surface area contributed by atoms with Gasteiger partial charge in [-0.3, -0.25) is 4.79 Å². The molecule has 9 heteroatoms. The van der Waals surface area contributed by atoms with Gasteiger partial charge in [0.25, 0.3) is 5.91 Å². The Kier molecular flexibility index (Phi) is 7.16. The second-order valence-corrected chi connectivity index (χ2v) is 10.3. The number of methoxy groups -OCH3 is 1. The van der Waals surface area contributed by atoms with Crippen molar-refractivity contribution in [1.82, 2.24) is 14.9 Å². The van der Waals surface area contributed by atoms with E-state index in [0.29, 0.717) is 5.75 Å². The fourth-order valence-electron chi connectivity index (χ4n) is 4.84. The van der Waals surface area contributed by atoms with Gasteiger partial charge >= 0.3 is 0 Å². The lowest BCUT2D eigenvalue weighted by molar-refractivity contribution is 0.0618. The van der Waals surface area contributed by atoms with Crippen molar-refractivity contribution in [2.45, 2.75) is 44.7 Å². The number of hydrogen-bond donors (Lipinski definition) is 0. The first-order valence-corrected chi connectivity index (χ1v) is 13.0. The van der Waals surface area contributed by atoms with Crippen molar-refractivity contribution in [3.63, 3.8) is 0 Å². The zero-order chi connectivity index (χ0) is 25.2. The molecule has 1 aliphatic rings. The molecular weight excluding hydrogens is 504 g/mol. The van der Waals surface area contributed by atoms with Gasteiger partial charge in [0.1, 0.15) is 28.6 Å². The quantitative estimate of drug-likeness (QED) is 0.264. The smallest absolute Gasteiger partial charge is 0.266 e. The summed E-state index contributed by atoms with van der Waals surface area (Å²) in [6, 6.07) is 7.82. The third kappa shape index (κ3) is 4.67. The van der Waals surface area contributed by atoms with Crippen molar-refractivity contribution in [3.8, 4) is 16.9 Å². The number of carbonyl (C=O) groups excluding carboxylic acids is 1. The standard InChI is InChI=1S/C27H24ClF2N3O2S/c1-35-22-10-7-16(18-12-31-15-32-13-18)11-17(22)14-33(19-5-3-2-4-6-19)27(34)26-24(28)23-20(29)8-9-21(30)25(23)36-26/h7-13,15,19H,2-6,14H2,1H3. The summed E-state index contributed by atoms with van der Waals surface area (Å²) in [5, 5.41) is -0.0859. The van der Waals surface area contributed by atoms with Crippen LogP contribution in [0.25, 0.3) is 21.2 Å². The second-order valence-electron chi connectivity index (χ2n) is 8.86. The van der Waals surface area contributed by atoms with Gasteiger partial charge in [0.2, 0.25) is 0 Å².